The molecule has 31 heavy (non-hydrogen) atoms. The van der Waals surface area contributed by atoms with E-state index in [0.717, 1.165) is 0 Å². The summed E-state index contributed by atoms with van der Waals surface area (Å²) >= 11 is 0. The number of nitrogens with one attached hydrogen (secondary N) is 2. The number of rotatable bonds is 8. The Morgan fingerprint density at radius 3 is 1.65 bits per heavy atom. The highest BCUT2D eigenvalue weighted by Crippen LogP contribution is 2.38. The van der Waals surface area contributed by atoms with Gasteiger partial charge in [0.05, 0.1) is 34.1 Å². The number of carbonyl (C=O) groups excluding carboxylic acids is 2. The monoisotopic (exact) mass is 424 g/mol. The lowest BCUT2D eigenvalue weighted by molar-refractivity contribution is -0.385. The maximum absolute atomic E-state index is 12.1. The van der Waals surface area contributed by atoms with Gasteiger partial charge in [-0.3, -0.25) is 29.8 Å². The molecule has 0 aliphatic heterocycles. The molecule has 12 heteroatoms. The van der Waals surface area contributed by atoms with Crippen molar-refractivity contribution in [2.75, 3.05) is 0 Å². The normalized spacial score (nSPS) is 17.4. The van der Waals surface area contributed by atoms with Crippen LogP contribution in [0.3, 0.4) is 0 Å². The number of amides is 2. The minimum Gasteiger partial charge on any atom is -0.273 e. The van der Waals surface area contributed by atoms with Crippen LogP contribution in [0.2, 0.25) is 0 Å². The summed E-state index contributed by atoms with van der Waals surface area (Å²) in [6, 6.07) is 11.5. The second kappa shape index (κ2) is 9.35. The molecule has 1 fully saturated rings. The average Bonchev–Trinajstić information content (AvgIpc) is 3.55. The summed E-state index contributed by atoms with van der Waals surface area (Å²) in [6.45, 7) is 0. The van der Waals surface area contributed by atoms with E-state index in [1.807, 2.05) is 0 Å². The van der Waals surface area contributed by atoms with Crippen molar-refractivity contribution in [3.63, 3.8) is 0 Å². The van der Waals surface area contributed by atoms with Gasteiger partial charge in [-0.2, -0.15) is 10.2 Å². The van der Waals surface area contributed by atoms with E-state index in [9.17, 15) is 29.8 Å². The van der Waals surface area contributed by atoms with Crippen LogP contribution >= 0.6 is 0 Å². The van der Waals surface area contributed by atoms with Crippen molar-refractivity contribution in [1.82, 2.24) is 10.9 Å². The minimum absolute atomic E-state index is 0.0973. The van der Waals surface area contributed by atoms with Crippen molar-refractivity contribution in [3.05, 3.63) is 79.9 Å². The van der Waals surface area contributed by atoms with Gasteiger partial charge in [-0.05, 0) is 6.42 Å². The van der Waals surface area contributed by atoms with Crippen LogP contribution in [0.25, 0.3) is 0 Å². The van der Waals surface area contributed by atoms with Gasteiger partial charge in [0.15, 0.2) is 0 Å². The van der Waals surface area contributed by atoms with Gasteiger partial charge in [-0.1, -0.05) is 24.3 Å². The van der Waals surface area contributed by atoms with Crippen molar-refractivity contribution in [3.8, 4) is 0 Å². The number of hydrogen-bond acceptors (Lipinski definition) is 8. The lowest BCUT2D eigenvalue weighted by atomic mass is 10.2. The summed E-state index contributed by atoms with van der Waals surface area (Å²) < 4.78 is 0. The van der Waals surface area contributed by atoms with Crippen LogP contribution in [0.4, 0.5) is 11.4 Å². The molecule has 0 unspecified atom stereocenters. The fourth-order valence-electron chi connectivity index (χ4n) is 2.72. The fourth-order valence-corrected chi connectivity index (χ4v) is 2.72. The van der Waals surface area contributed by atoms with E-state index >= 15 is 0 Å². The van der Waals surface area contributed by atoms with Crippen LogP contribution in [0.1, 0.15) is 17.5 Å². The van der Waals surface area contributed by atoms with Crippen LogP contribution < -0.4 is 10.9 Å². The third kappa shape index (κ3) is 5.76. The minimum atomic E-state index is -0.560. The molecule has 2 N–H and O–H groups in total. The molecule has 158 valence electrons. The van der Waals surface area contributed by atoms with E-state index in [-0.39, 0.29) is 11.4 Å². The Morgan fingerprint density at radius 2 is 1.26 bits per heavy atom. The number of nitro benzene ring substituents is 2. The van der Waals surface area contributed by atoms with Crippen LogP contribution in [0, 0.1) is 32.1 Å². The number of hydrogen-bond donors (Lipinski definition) is 2. The predicted molar refractivity (Wildman–Crippen MR) is 109 cm³/mol. The van der Waals surface area contributed by atoms with Crippen molar-refractivity contribution in [2.45, 2.75) is 6.42 Å². The van der Waals surface area contributed by atoms with Crippen LogP contribution in [0.5, 0.6) is 0 Å². The summed E-state index contributed by atoms with van der Waals surface area (Å²) in [5.74, 6) is -2.03. The number of nitrogens with zero attached hydrogens (tertiary/aromatic N) is 4. The third-order valence-corrected chi connectivity index (χ3v) is 4.40. The zero-order chi connectivity index (χ0) is 22.4. The number of hydrazone groups is 2. The first-order valence-corrected chi connectivity index (χ1v) is 9.00. The Morgan fingerprint density at radius 1 is 0.839 bits per heavy atom. The van der Waals surface area contributed by atoms with Crippen molar-refractivity contribution in [1.29, 1.82) is 0 Å². The Labute approximate surface area is 174 Å². The van der Waals surface area contributed by atoms with Gasteiger partial charge in [0.2, 0.25) is 11.8 Å². The number of nitro groups is 2. The second-order valence-corrected chi connectivity index (χ2v) is 6.62. The maximum Gasteiger partial charge on any atom is 0.270 e. The van der Waals surface area contributed by atoms with Crippen LogP contribution in [-0.2, 0) is 9.59 Å². The van der Waals surface area contributed by atoms with E-state index < -0.39 is 33.5 Å². The molecule has 12 nitrogen and oxygen atoms in total. The molecule has 2 aromatic rings. The molecule has 1 saturated carbocycles. The zero-order valence-electron chi connectivity index (χ0n) is 15.9. The van der Waals surface area contributed by atoms with Crippen molar-refractivity contribution < 1.29 is 19.4 Å². The van der Waals surface area contributed by atoms with Gasteiger partial charge in [0.1, 0.15) is 0 Å². The van der Waals surface area contributed by atoms with Crippen LogP contribution in [0.15, 0.2) is 58.7 Å². The molecule has 0 aromatic heterocycles. The van der Waals surface area contributed by atoms with Gasteiger partial charge in [0, 0.05) is 35.4 Å². The lowest BCUT2D eigenvalue weighted by Crippen LogP contribution is -2.25. The predicted octanol–water partition coefficient (Wildman–Crippen LogP) is 1.74. The molecule has 2 atom stereocenters. The van der Waals surface area contributed by atoms with E-state index in [1.54, 1.807) is 12.1 Å². The van der Waals surface area contributed by atoms with E-state index in [0.29, 0.717) is 17.5 Å². The summed E-state index contributed by atoms with van der Waals surface area (Å²) in [7, 11) is 0. The smallest absolute Gasteiger partial charge is 0.270 e. The molecule has 0 heterocycles. The quantitative estimate of drug-likeness (QED) is 0.371. The van der Waals surface area contributed by atoms with Gasteiger partial charge in [0.25, 0.3) is 11.4 Å². The van der Waals surface area contributed by atoms with E-state index in [2.05, 4.69) is 21.1 Å². The number of carbonyl (C=O) groups is 2. The van der Waals surface area contributed by atoms with Crippen molar-refractivity contribution in [2.24, 2.45) is 22.0 Å². The molecule has 0 saturated heterocycles. The highest BCUT2D eigenvalue weighted by Gasteiger charge is 2.48. The Hall–Kier alpha value is -4.48. The van der Waals surface area contributed by atoms with E-state index in [4.69, 9.17) is 0 Å². The van der Waals surface area contributed by atoms with Gasteiger partial charge < -0.3 is 0 Å². The summed E-state index contributed by atoms with van der Waals surface area (Å²) in [5.41, 5.74) is 5.29. The maximum atomic E-state index is 12.1. The third-order valence-electron chi connectivity index (χ3n) is 4.40. The zero-order valence-corrected chi connectivity index (χ0v) is 15.9. The van der Waals surface area contributed by atoms with Crippen molar-refractivity contribution >= 4 is 35.6 Å². The van der Waals surface area contributed by atoms with Crippen LogP contribution in [-0.4, -0.2) is 34.1 Å². The Kier molecular flexibility index (Phi) is 6.40. The lowest BCUT2D eigenvalue weighted by Gasteiger charge is -2.00. The SMILES string of the molecule is O=C(N/N=C\c1cccc([N+](=O)[O-])c1)[C@H]1C[C@@H]1C(=O)N/N=C\c1cccc([N+](=O)[O-])c1. The molecular formula is C19H16N6O6. The highest BCUT2D eigenvalue weighted by molar-refractivity contribution is 5.93. The summed E-state index contributed by atoms with van der Waals surface area (Å²) in [4.78, 5) is 44.6. The Balaban J connectivity index is 1.46. The molecule has 1 aliphatic carbocycles. The van der Waals surface area contributed by atoms with Gasteiger partial charge in [-0.15, -0.1) is 0 Å². The molecule has 1 aliphatic rings. The molecule has 2 amide bonds. The molecule has 0 spiro atoms. The first-order chi connectivity index (χ1) is 14.8. The molecule has 0 bridgehead atoms. The average molecular weight is 424 g/mol. The summed E-state index contributed by atoms with van der Waals surface area (Å²) in [6.07, 6.45) is 2.87. The molecule has 0 radical (unpaired) electrons. The largest absolute Gasteiger partial charge is 0.273 e. The summed E-state index contributed by atoms with van der Waals surface area (Å²) in [5, 5.41) is 29.0. The molecule has 2 aromatic carbocycles. The number of non-ortho nitro benzene ring substituents is 2. The van der Waals surface area contributed by atoms with Gasteiger partial charge >= 0.3 is 0 Å². The van der Waals surface area contributed by atoms with Gasteiger partial charge in [-0.25, -0.2) is 10.9 Å². The molecule has 3 rings (SSSR count). The second-order valence-electron chi connectivity index (χ2n) is 6.62. The first-order valence-electron chi connectivity index (χ1n) is 9.00. The topological polar surface area (TPSA) is 169 Å². The molecular weight excluding hydrogens is 408 g/mol. The van der Waals surface area contributed by atoms with E-state index in [1.165, 1.54) is 48.8 Å². The Bertz CT molecular complexity index is 1010. The number of benzene rings is 2. The first kappa shape index (κ1) is 21.2. The fraction of sp³-hybridized carbons (Fsp3) is 0.158. The standard InChI is InChI=1S/C19H16N6O6/c26-18(22-20-10-12-3-1-5-14(7-12)24(28)29)16-9-17(16)19(27)23-21-11-13-4-2-6-15(8-13)25(30)31/h1-8,10-11,16-17H,9H2,(H,22,26)(H,23,27)/b20-10-,21-11-/t16-,17-/m0/s1. The highest BCUT2D eigenvalue weighted by atomic mass is 16.6.